The van der Waals surface area contributed by atoms with Gasteiger partial charge < -0.3 is 9.47 Å². The summed E-state index contributed by atoms with van der Waals surface area (Å²) in [5.74, 6) is -0.495. The van der Waals surface area contributed by atoms with E-state index in [9.17, 15) is 9.59 Å². The number of unbranched alkanes of at least 4 members (excludes halogenated alkanes) is 14. The van der Waals surface area contributed by atoms with E-state index in [4.69, 9.17) is 9.47 Å². The van der Waals surface area contributed by atoms with E-state index < -0.39 is 0 Å². The number of carbonyl (C=O) groups is 2. The quantitative estimate of drug-likeness (QED) is 0.0413. The summed E-state index contributed by atoms with van der Waals surface area (Å²) in [5, 5.41) is 0. The Hall–Kier alpha value is -3.22. The molecule has 0 aliphatic rings. The number of esters is 2. The van der Waals surface area contributed by atoms with E-state index in [1.54, 1.807) is 0 Å². The van der Waals surface area contributed by atoms with Gasteiger partial charge in [0, 0.05) is 0 Å². The minimum atomic E-state index is -0.248. The first-order chi connectivity index (χ1) is 23.1. The first-order valence-corrected chi connectivity index (χ1v) is 18.5. The zero-order valence-electron chi connectivity index (χ0n) is 30.9. The van der Waals surface area contributed by atoms with Gasteiger partial charge in [0.05, 0.1) is 52.5 Å². The highest BCUT2D eigenvalue weighted by molar-refractivity contribution is 5.90. The van der Waals surface area contributed by atoms with Gasteiger partial charge in [-0.3, -0.25) is 8.97 Å². The highest BCUT2D eigenvalue weighted by Crippen LogP contribution is 2.24. The van der Waals surface area contributed by atoms with E-state index in [0.29, 0.717) is 33.3 Å². The smallest absolute Gasteiger partial charge is 0.338 e. The predicted molar refractivity (Wildman–Crippen MR) is 205 cm³/mol. The van der Waals surface area contributed by atoms with Gasteiger partial charge in [0.15, 0.2) is 0 Å². The summed E-state index contributed by atoms with van der Waals surface area (Å²) in [4.78, 5) is 25.2. The largest absolute Gasteiger partial charge is 0.462 e. The van der Waals surface area contributed by atoms with Gasteiger partial charge in [-0.05, 0) is 87.1 Å². The molecule has 0 fully saturated rings. The van der Waals surface area contributed by atoms with Crippen LogP contribution >= 0.6 is 0 Å². The second kappa shape index (κ2) is 23.2. The van der Waals surface area contributed by atoms with Crippen molar-refractivity contribution in [1.29, 1.82) is 0 Å². The first kappa shape index (κ1) is 41.0. The Morgan fingerprint density at radius 3 is 1.10 bits per heavy atom. The molecular formula is C42H66N2O4+2. The molecule has 0 saturated carbocycles. The van der Waals surface area contributed by atoms with Crippen molar-refractivity contribution < 1.29 is 19.1 Å². The van der Waals surface area contributed by atoms with E-state index >= 15 is 0 Å². The zero-order chi connectivity index (χ0) is 35.1. The maximum atomic E-state index is 12.6. The molecule has 6 heteroatoms. The third-order valence-electron chi connectivity index (χ3n) is 9.39. The number of ether oxygens (including phenoxy) is 2. The minimum absolute atomic E-state index is 0.248. The molecule has 0 amide bonds. The van der Waals surface area contributed by atoms with E-state index in [-0.39, 0.29) is 11.9 Å². The van der Waals surface area contributed by atoms with Crippen molar-refractivity contribution in [3.8, 4) is 0 Å². The van der Waals surface area contributed by atoms with Crippen LogP contribution in [0.25, 0.3) is 0 Å². The molecule has 6 nitrogen and oxygen atoms in total. The standard InChI is InChI=1S/C42H66N2O4/c1-7-9-11-13-15-17-19-21-23-35-47-41(45)37-25-29-39(30-26-37)43(3,4)33-34-44(5,6)40-31-27-38(28-32-40)42(46)48-36-24-22-20-18-16-14-12-10-8-2/h7-8,25-32H,1-2,9-24,33-36H2,3-6H3/q+2. The van der Waals surface area contributed by atoms with Gasteiger partial charge in [0.25, 0.3) is 0 Å². The predicted octanol–water partition coefficient (Wildman–Crippen LogP) is 10.4. The van der Waals surface area contributed by atoms with Crippen molar-refractivity contribution in [2.75, 3.05) is 54.5 Å². The number of carbonyl (C=O) groups excluding carboxylic acids is 2. The molecule has 0 saturated heterocycles. The van der Waals surface area contributed by atoms with Crippen LogP contribution in [-0.2, 0) is 9.47 Å². The fraction of sp³-hybridized carbons (Fsp3) is 0.571. The Morgan fingerprint density at radius 2 is 0.792 bits per heavy atom. The maximum Gasteiger partial charge on any atom is 0.338 e. The lowest BCUT2D eigenvalue weighted by Gasteiger charge is -2.35. The van der Waals surface area contributed by atoms with Gasteiger partial charge in [0.1, 0.15) is 24.5 Å². The molecule has 0 atom stereocenters. The second-order valence-electron chi connectivity index (χ2n) is 14.3. The third-order valence-corrected chi connectivity index (χ3v) is 9.39. The molecule has 0 bridgehead atoms. The van der Waals surface area contributed by atoms with E-state index in [2.05, 4.69) is 41.3 Å². The van der Waals surface area contributed by atoms with E-state index in [0.717, 1.165) is 63.0 Å². The summed E-state index contributed by atoms with van der Waals surface area (Å²) in [6.45, 7) is 10.3. The average molecular weight is 663 g/mol. The summed E-state index contributed by atoms with van der Waals surface area (Å²) in [5.41, 5.74) is 3.48. The average Bonchev–Trinajstić information content (AvgIpc) is 3.09. The highest BCUT2D eigenvalue weighted by atomic mass is 16.5. The molecule has 0 N–H and O–H groups in total. The number of allylic oxidation sites excluding steroid dienone is 2. The molecule has 0 radical (unpaired) electrons. The Balaban J connectivity index is 1.71. The Morgan fingerprint density at radius 1 is 0.500 bits per heavy atom. The van der Waals surface area contributed by atoms with Gasteiger partial charge in [-0.1, -0.05) is 76.4 Å². The van der Waals surface area contributed by atoms with Gasteiger partial charge in [-0.15, -0.1) is 13.2 Å². The molecule has 0 heterocycles. The Kier molecular flexibility index (Phi) is 19.8. The van der Waals surface area contributed by atoms with Crippen molar-refractivity contribution in [3.63, 3.8) is 0 Å². The lowest BCUT2D eigenvalue weighted by Crippen LogP contribution is -2.52. The molecule has 0 unspecified atom stereocenters. The van der Waals surface area contributed by atoms with Crippen molar-refractivity contribution in [2.45, 2.75) is 103 Å². The molecule has 0 aliphatic carbocycles. The van der Waals surface area contributed by atoms with Gasteiger partial charge in [-0.25, -0.2) is 9.59 Å². The van der Waals surface area contributed by atoms with Crippen molar-refractivity contribution in [3.05, 3.63) is 85.0 Å². The molecule has 0 aliphatic heterocycles. The van der Waals surface area contributed by atoms with Gasteiger partial charge in [-0.2, -0.15) is 0 Å². The third kappa shape index (κ3) is 16.3. The van der Waals surface area contributed by atoms with Crippen molar-refractivity contribution in [2.24, 2.45) is 0 Å². The summed E-state index contributed by atoms with van der Waals surface area (Å²) in [6, 6.07) is 15.7. The van der Waals surface area contributed by atoms with Gasteiger partial charge in [0.2, 0.25) is 0 Å². The maximum absolute atomic E-state index is 12.6. The molecular weight excluding hydrogens is 596 g/mol. The number of likely N-dealkylation sites (N-methyl/N-ethyl adjacent to an activating group) is 2. The van der Waals surface area contributed by atoms with Crippen molar-refractivity contribution in [1.82, 2.24) is 8.97 Å². The number of hydrogen-bond donors (Lipinski definition) is 0. The fourth-order valence-corrected chi connectivity index (χ4v) is 5.81. The normalized spacial score (nSPS) is 11.7. The Bertz CT molecular complexity index is 1110. The lowest BCUT2D eigenvalue weighted by atomic mass is 10.1. The Labute approximate surface area is 293 Å². The van der Waals surface area contributed by atoms with Gasteiger partial charge >= 0.3 is 11.9 Å². The summed E-state index contributed by atoms with van der Waals surface area (Å²) in [6.07, 6.45) is 22.7. The van der Waals surface area contributed by atoms with Crippen LogP contribution in [0.1, 0.15) is 123 Å². The second-order valence-corrected chi connectivity index (χ2v) is 14.3. The molecule has 0 aromatic heterocycles. The number of quaternary nitrogens is 2. The molecule has 48 heavy (non-hydrogen) atoms. The minimum Gasteiger partial charge on any atom is -0.462 e. The van der Waals surface area contributed by atoms with E-state index in [1.165, 1.54) is 64.2 Å². The summed E-state index contributed by atoms with van der Waals surface area (Å²) in [7, 11) is 8.76. The number of rotatable bonds is 27. The van der Waals surface area contributed by atoms with Crippen LogP contribution in [0.15, 0.2) is 73.8 Å². The molecule has 2 rings (SSSR count). The highest BCUT2D eigenvalue weighted by Gasteiger charge is 2.27. The topological polar surface area (TPSA) is 52.6 Å². The molecule has 266 valence electrons. The zero-order valence-corrected chi connectivity index (χ0v) is 30.9. The first-order valence-electron chi connectivity index (χ1n) is 18.5. The number of nitrogens with zero attached hydrogens (tertiary/aromatic N) is 2. The van der Waals surface area contributed by atoms with Crippen LogP contribution in [0, 0.1) is 0 Å². The monoisotopic (exact) mass is 663 g/mol. The lowest BCUT2D eigenvalue weighted by molar-refractivity contribution is 0.0488. The SMILES string of the molecule is C=CCCCCCCCCCOC(=O)c1ccc([N+](C)(C)CC[N+](C)(C)c2ccc(C(=O)OCCCCCCCCCC=C)cc2)cc1. The van der Waals surface area contributed by atoms with Crippen LogP contribution in [0.5, 0.6) is 0 Å². The summed E-state index contributed by atoms with van der Waals surface area (Å²) >= 11 is 0. The van der Waals surface area contributed by atoms with Crippen LogP contribution in [0.4, 0.5) is 11.4 Å². The van der Waals surface area contributed by atoms with E-state index in [1.807, 2.05) is 60.7 Å². The molecule has 0 spiro atoms. The fourth-order valence-electron chi connectivity index (χ4n) is 5.81. The van der Waals surface area contributed by atoms with Crippen LogP contribution in [0.2, 0.25) is 0 Å². The summed E-state index contributed by atoms with van der Waals surface area (Å²) < 4.78 is 12.4. The van der Waals surface area contributed by atoms with Crippen LogP contribution in [-0.4, -0.2) is 66.4 Å². The molecule has 2 aromatic carbocycles. The van der Waals surface area contributed by atoms with Crippen LogP contribution < -0.4 is 8.97 Å². The number of benzene rings is 2. The number of hydrogen-bond acceptors (Lipinski definition) is 4. The molecule has 2 aromatic rings. The van der Waals surface area contributed by atoms with Crippen molar-refractivity contribution >= 4 is 23.3 Å². The van der Waals surface area contributed by atoms with Crippen LogP contribution in [0.3, 0.4) is 0 Å².